The molecule has 0 spiro atoms. The fraction of sp³-hybridized carbons (Fsp3) is 0.350. The molecule has 3 aromatic rings. The fourth-order valence-corrected chi connectivity index (χ4v) is 4.67. The van der Waals surface area contributed by atoms with Crippen LogP contribution in [0.1, 0.15) is 50.7 Å². The lowest BCUT2D eigenvalue weighted by molar-refractivity contribution is 0.0737. The zero-order chi connectivity index (χ0) is 19.0. The highest BCUT2D eigenvalue weighted by atomic mass is 32.1. The second-order valence-electron chi connectivity index (χ2n) is 6.81. The van der Waals surface area contributed by atoms with Crippen LogP contribution in [0.5, 0.6) is 0 Å². The highest BCUT2D eigenvalue weighted by Crippen LogP contribution is 2.37. The largest absolute Gasteiger partial charge is 0.345 e. The average Bonchev–Trinajstić information content (AvgIpc) is 3.44. The molecule has 1 saturated heterocycles. The molecule has 0 bridgehead atoms. The van der Waals surface area contributed by atoms with Crippen LogP contribution in [0.25, 0.3) is 11.0 Å². The molecule has 27 heavy (non-hydrogen) atoms. The molecule has 2 aromatic heterocycles. The summed E-state index contributed by atoms with van der Waals surface area (Å²) in [5.41, 5.74) is 2.38. The van der Waals surface area contributed by atoms with Gasteiger partial charge in [-0.25, -0.2) is 4.98 Å². The summed E-state index contributed by atoms with van der Waals surface area (Å²) in [6.07, 6.45) is 3.53. The number of likely N-dealkylation sites (tertiary alicyclic amines) is 1. The maximum absolute atomic E-state index is 13.1. The number of rotatable bonds is 4. The molecular weight excluding hydrogens is 360 g/mol. The van der Waals surface area contributed by atoms with E-state index in [4.69, 9.17) is 0 Å². The van der Waals surface area contributed by atoms with Crippen LogP contribution in [0.2, 0.25) is 0 Å². The summed E-state index contributed by atoms with van der Waals surface area (Å²) in [5.74, 6) is 0.0651. The zero-order valence-electron chi connectivity index (χ0n) is 15.4. The summed E-state index contributed by atoms with van der Waals surface area (Å²) in [5, 5.41) is 0. The molecule has 1 aliphatic rings. The first kappa shape index (κ1) is 17.7. The minimum absolute atomic E-state index is 0.0287. The lowest BCUT2D eigenvalue weighted by Crippen LogP contribution is -2.30. The van der Waals surface area contributed by atoms with Crippen molar-refractivity contribution in [1.29, 1.82) is 0 Å². The van der Waals surface area contributed by atoms with Gasteiger partial charge < -0.3 is 14.8 Å². The molecule has 3 heterocycles. The van der Waals surface area contributed by atoms with Gasteiger partial charge in [-0.15, -0.1) is 11.3 Å². The Morgan fingerprint density at radius 2 is 2.19 bits per heavy atom. The summed E-state index contributed by atoms with van der Waals surface area (Å²) in [4.78, 5) is 38.2. The molecule has 0 radical (unpaired) electrons. The lowest BCUT2D eigenvalue weighted by Gasteiger charge is -2.24. The van der Waals surface area contributed by atoms with E-state index in [-0.39, 0.29) is 17.9 Å². The van der Waals surface area contributed by atoms with Crippen LogP contribution in [0.3, 0.4) is 0 Å². The lowest BCUT2D eigenvalue weighted by atomic mass is 10.1. The van der Waals surface area contributed by atoms with Crippen molar-refractivity contribution in [3.63, 3.8) is 0 Å². The van der Waals surface area contributed by atoms with Crippen molar-refractivity contribution in [3.05, 3.63) is 52.0 Å². The van der Waals surface area contributed by atoms with E-state index in [1.165, 1.54) is 11.3 Å². The van der Waals surface area contributed by atoms with Gasteiger partial charge in [0, 0.05) is 30.6 Å². The summed E-state index contributed by atoms with van der Waals surface area (Å²) in [6.45, 7) is 3.37. The molecule has 1 N–H and O–H groups in total. The van der Waals surface area contributed by atoms with Gasteiger partial charge >= 0.3 is 0 Å². The molecule has 1 unspecified atom stereocenters. The number of carbonyl (C=O) groups excluding carboxylic acids is 2. The number of fused-ring (bicyclic) bond motifs is 1. The smallest absolute Gasteiger partial charge is 0.263 e. The molecule has 1 aromatic carbocycles. The van der Waals surface area contributed by atoms with Gasteiger partial charge in [-0.1, -0.05) is 0 Å². The number of carbonyl (C=O) groups is 2. The Hall–Kier alpha value is -2.67. The molecule has 6 nitrogen and oxygen atoms in total. The summed E-state index contributed by atoms with van der Waals surface area (Å²) in [6, 6.07) is 9.47. The Labute approximate surface area is 161 Å². The predicted octanol–water partition coefficient (Wildman–Crippen LogP) is 3.69. The van der Waals surface area contributed by atoms with E-state index in [0.717, 1.165) is 40.2 Å². The van der Waals surface area contributed by atoms with Gasteiger partial charge in [-0.3, -0.25) is 9.59 Å². The molecule has 1 aliphatic heterocycles. The number of H-pyrrole nitrogens is 1. The molecule has 1 fully saturated rings. The number of aromatic amines is 1. The van der Waals surface area contributed by atoms with Crippen LogP contribution in [0.4, 0.5) is 0 Å². The molecule has 1 atom stereocenters. The first-order valence-corrected chi connectivity index (χ1v) is 9.99. The second kappa shape index (κ2) is 7.15. The Morgan fingerprint density at radius 1 is 1.33 bits per heavy atom. The Morgan fingerprint density at radius 3 is 3.00 bits per heavy atom. The van der Waals surface area contributed by atoms with E-state index in [2.05, 4.69) is 9.97 Å². The van der Waals surface area contributed by atoms with Crippen LogP contribution in [-0.2, 0) is 0 Å². The van der Waals surface area contributed by atoms with Crippen molar-refractivity contribution in [2.45, 2.75) is 25.8 Å². The van der Waals surface area contributed by atoms with Gasteiger partial charge in [0.15, 0.2) is 0 Å². The standard InChI is InChI=1S/C20H22N4O2S/c1-3-23(2)20(26)18-9-8-17(27-18)16-5-4-10-24(16)19(25)13-6-7-14-15(11-13)22-12-21-14/h6-9,11-12,16H,3-5,10H2,1-2H3,(H,21,22). The van der Waals surface area contributed by atoms with E-state index < -0.39 is 0 Å². The number of nitrogens with one attached hydrogen (secondary N) is 1. The Bertz CT molecular complexity index is 993. The van der Waals surface area contributed by atoms with Crippen molar-refractivity contribution in [1.82, 2.24) is 19.8 Å². The molecule has 4 rings (SSSR count). The van der Waals surface area contributed by atoms with Crippen molar-refractivity contribution < 1.29 is 9.59 Å². The molecule has 0 aliphatic carbocycles. The highest BCUT2D eigenvalue weighted by Gasteiger charge is 2.32. The van der Waals surface area contributed by atoms with Crippen LogP contribution in [-0.4, -0.2) is 51.7 Å². The highest BCUT2D eigenvalue weighted by molar-refractivity contribution is 7.14. The number of aromatic nitrogens is 2. The number of amides is 2. The minimum Gasteiger partial charge on any atom is -0.345 e. The van der Waals surface area contributed by atoms with Crippen molar-refractivity contribution >= 4 is 34.2 Å². The van der Waals surface area contributed by atoms with Gasteiger partial charge in [0.05, 0.1) is 28.3 Å². The van der Waals surface area contributed by atoms with E-state index in [1.54, 1.807) is 18.3 Å². The van der Waals surface area contributed by atoms with Gasteiger partial charge in [0.25, 0.3) is 11.8 Å². The summed E-state index contributed by atoms with van der Waals surface area (Å²) < 4.78 is 0. The SMILES string of the molecule is CCN(C)C(=O)c1ccc(C2CCCN2C(=O)c2ccc3nc[nH]c3c2)s1. The third-order valence-corrected chi connectivity index (χ3v) is 6.34. The van der Waals surface area contributed by atoms with E-state index in [9.17, 15) is 9.59 Å². The quantitative estimate of drug-likeness (QED) is 0.748. The molecular formula is C20H22N4O2S. The van der Waals surface area contributed by atoms with E-state index >= 15 is 0 Å². The van der Waals surface area contributed by atoms with Crippen LogP contribution >= 0.6 is 11.3 Å². The summed E-state index contributed by atoms with van der Waals surface area (Å²) in [7, 11) is 1.80. The molecule has 0 saturated carbocycles. The van der Waals surface area contributed by atoms with Crippen LogP contribution in [0.15, 0.2) is 36.7 Å². The van der Waals surface area contributed by atoms with Crippen LogP contribution < -0.4 is 0 Å². The average molecular weight is 382 g/mol. The maximum Gasteiger partial charge on any atom is 0.263 e. The number of imidazole rings is 1. The number of hydrogen-bond donors (Lipinski definition) is 1. The fourth-order valence-electron chi connectivity index (χ4n) is 3.52. The number of hydrogen-bond acceptors (Lipinski definition) is 4. The number of benzene rings is 1. The third kappa shape index (κ3) is 3.23. The van der Waals surface area contributed by atoms with Gasteiger partial charge in [-0.05, 0) is 50.1 Å². The van der Waals surface area contributed by atoms with E-state index in [0.29, 0.717) is 12.1 Å². The number of thiophene rings is 1. The predicted molar refractivity (Wildman–Crippen MR) is 106 cm³/mol. The second-order valence-corrected chi connectivity index (χ2v) is 7.93. The van der Waals surface area contributed by atoms with E-state index in [1.807, 2.05) is 42.2 Å². The van der Waals surface area contributed by atoms with Gasteiger partial charge in [-0.2, -0.15) is 0 Å². The molecule has 7 heteroatoms. The van der Waals surface area contributed by atoms with Crippen LogP contribution in [0, 0.1) is 0 Å². The monoisotopic (exact) mass is 382 g/mol. The first-order valence-electron chi connectivity index (χ1n) is 9.17. The first-order chi connectivity index (χ1) is 13.1. The Balaban J connectivity index is 1.57. The van der Waals surface area contributed by atoms with Crippen molar-refractivity contribution in [2.24, 2.45) is 0 Å². The Kier molecular flexibility index (Phi) is 4.70. The molecule has 140 valence electrons. The maximum atomic E-state index is 13.1. The minimum atomic E-state index is 0.0287. The van der Waals surface area contributed by atoms with Gasteiger partial charge in [0.1, 0.15) is 0 Å². The third-order valence-electron chi connectivity index (χ3n) is 5.17. The summed E-state index contributed by atoms with van der Waals surface area (Å²) >= 11 is 1.50. The van der Waals surface area contributed by atoms with Gasteiger partial charge in [0.2, 0.25) is 0 Å². The molecule has 2 amide bonds. The normalized spacial score (nSPS) is 16.8. The van der Waals surface area contributed by atoms with Crippen molar-refractivity contribution in [3.8, 4) is 0 Å². The van der Waals surface area contributed by atoms with Crippen molar-refractivity contribution in [2.75, 3.05) is 20.1 Å². The number of nitrogens with zero attached hydrogens (tertiary/aromatic N) is 3. The topological polar surface area (TPSA) is 69.3 Å². The zero-order valence-corrected chi connectivity index (χ0v) is 16.3.